The first kappa shape index (κ1) is 18.2. The molecule has 0 spiro atoms. The van der Waals surface area contributed by atoms with E-state index in [2.05, 4.69) is 34.4 Å². The van der Waals surface area contributed by atoms with Crippen molar-refractivity contribution in [2.45, 2.75) is 19.4 Å². The first-order chi connectivity index (χ1) is 13.4. The molecule has 1 amide bonds. The molecule has 8 heteroatoms. The molecular weight excluding hydrogens is 358 g/mol. The fourth-order valence-electron chi connectivity index (χ4n) is 3.37. The molecule has 0 aliphatic carbocycles. The first-order valence-electron chi connectivity index (χ1n) is 9.13. The molecule has 1 aliphatic heterocycles. The summed E-state index contributed by atoms with van der Waals surface area (Å²) in [6.45, 7) is 6.45. The summed E-state index contributed by atoms with van der Waals surface area (Å²) in [6.07, 6.45) is 3.28. The van der Waals surface area contributed by atoms with Gasteiger partial charge in [-0.3, -0.25) is 4.79 Å². The maximum atomic E-state index is 12.7. The number of morpholine rings is 1. The van der Waals surface area contributed by atoms with Gasteiger partial charge in [-0.25, -0.2) is 4.52 Å². The van der Waals surface area contributed by atoms with Gasteiger partial charge in [0.05, 0.1) is 42.3 Å². The number of nitrogens with one attached hydrogen (secondary N) is 1. The molecule has 1 N–H and O–H groups in total. The molecule has 3 heterocycles. The predicted octanol–water partition coefficient (Wildman–Crippen LogP) is 2.61. The van der Waals surface area contributed by atoms with Crippen molar-refractivity contribution in [1.29, 1.82) is 0 Å². The van der Waals surface area contributed by atoms with Gasteiger partial charge in [-0.1, -0.05) is 5.21 Å². The second-order valence-electron chi connectivity index (χ2n) is 7.39. The topological polar surface area (TPSA) is 81.0 Å². The van der Waals surface area contributed by atoms with Gasteiger partial charge >= 0.3 is 0 Å². The summed E-state index contributed by atoms with van der Waals surface area (Å²) in [6, 6.07) is 9.33. The van der Waals surface area contributed by atoms with E-state index < -0.39 is 0 Å². The van der Waals surface area contributed by atoms with Gasteiger partial charge in [-0.15, -0.1) is 5.10 Å². The van der Waals surface area contributed by atoms with Crippen LogP contribution >= 0.6 is 0 Å². The van der Waals surface area contributed by atoms with Crippen LogP contribution in [0.25, 0.3) is 5.52 Å². The van der Waals surface area contributed by atoms with E-state index in [1.54, 1.807) is 36.2 Å². The lowest BCUT2D eigenvalue weighted by Gasteiger charge is -2.39. The van der Waals surface area contributed by atoms with Crippen LogP contribution in [-0.4, -0.2) is 53.1 Å². The number of pyridine rings is 1. The molecule has 2 aromatic heterocycles. The van der Waals surface area contributed by atoms with Crippen molar-refractivity contribution in [3.05, 3.63) is 48.3 Å². The third-order valence-electron chi connectivity index (χ3n) is 4.78. The highest BCUT2D eigenvalue weighted by molar-refractivity contribution is 6.05. The number of nitrogens with zero attached hydrogens (tertiary/aromatic N) is 4. The number of hydrogen-bond donors (Lipinski definition) is 1. The number of hydrogen-bond acceptors (Lipinski definition) is 6. The zero-order valence-electron chi connectivity index (χ0n) is 16.2. The van der Waals surface area contributed by atoms with Crippen molar-refractivity contribution in [1.82, 2.24) is 14.8 Å². The first-order valence-corrected chi connectivity index (χ1v) is 9.13. The Hall–Kier alpha value is -3.13. The SMILES string of the molecule is COc1cc(N2CCOC(C)(C)C2)ccc1NC(=O)c1ccc2cnnn2c1. The summed E-state index contributed by atoms with van der Waals surface area (Å²) in [5.41, 5.74) is 2.77. The summed E-state index contributed by atoms with van der Waals surface area (Å²) in [5.74, 6) is 0.368. The number of amides is 1. The van der Waals surface area contributed by atoms with Crippen LogP contribution in [0.4, 0.5) is 11.4 Å². The van der Waals surface area contributed by atoms with Gasteiger partial charge in [0.15, 0.2) is 0 Å². The molecule has 1 fully saturated rings. The fraction of sp³-hybridized carbons (Fsp3) is 0.350. The third-order valence-corrected chi connectivity index (χ3v) is 4.78. The number of rotatable bonds is 4. The molecular formula is C20H23N5O3. The summed E-state index contributed by atoms with van der Waals surface area (Å²) < 4.78 is 12.9. The van der Waals surface area contributed by atoms with Crippen LogP contribution in [0.1, 0.15) is 24.2 Å². The van der Waals surface area contributed by atoms with E-state index in [0.717, 1.165) is 24.3 Å². The highest BCUT2D eigenvalue weighted by Gasteiger charge is 2.27. The number of anilines is 2. The molecule has 1 aliphatic rings. The Morgan fingerprint density at radius 1 is 1.29 bits per heavy atom. The average Bonchev–Trinajstić information content (AvgIpc) is 3.15. The van der Waals surface area contributed by atoms with Crippen molar-refractivity contribution in [2.24, 2.45) is 0 Å². The minimum atomic E-state index is -0.240. The van der Waals surface area contributed by atoms with E-state index in [-0.39, 0.29) is 11.5 Å². The Balaban J connectivity index is 1.55. The average molecular weight is 381 g/mol. The smallest absolute Gasteiger partial charge is 0.257 e. The van der Waals surface area contributed by atoms with Gasteiger partial charge in [0.2, 0.25) is 0 Å². The van der Waals surface area contributed by atoms with Crippen molar-refractivity contribution in [3.8, 4) is 5.75 Å². The Bertz CT molecular complexity index is 1010. The molecule has 0 saturated carbocycles. The van der Waals surface area contributed by atoms with Gasteiger partial charge in [0.1, 0.15) is 5.75 Å². The van der Waals surface area contributed by atoms with E-state index in [9.17, 15) is 4.79 Å². The molecule has 0 bridgehead atoms. The molecule has 1 aromatic carbocycles. The van der Waals surface area contributed by atoms with E-state index in [4.69, 9.17) is 9.47 Å². The summed E-state index contributed by atoms with van der Waals surface area (Å²) in [4.78, 5) is 14.9. The monoisotopic (exact) mass is 381 g/mol. The number of carbonyl (C=O) groups is 1. The van der Waals surface area contributed by atoms with Crippen molar-refractivity contribution >= 4 is 22.8 Å². The van der Waals surface area contributed by atoms with Crippen LogP contribution in [0.3, 0.4) is 0 Å². The zero-order chi connectivity index (χ0) is 19.7. The van der Waals surface area contributed by atoms with E-state index >= 15 is 0 Å². The predicted molar refractivity (Wildman–Crippen MR) is 106 cm³/mol. The van der Waals surface area contributed by atoms with Crippen molar-refractivity contribution in [2.75, 3.05) is 37.0 Å². The molecule has 146 valence electrons. The van der Waals surface area contributed by atoms with E-state index in [1.165, 1.54) is 0 Å². The molecule has 0 unspecified atom stereocenters. The van der Waals surface area contributed by atoms with Crippen LogP contribution in [0.2, 0.25) is 0 Å². The van der Waals surface area contributed by atoms with Crippen LogP contribution in [0.5, 0.6) is 5.75 Å². The molecule has 1 saturated heterocycles. The molecule has 3 aromatic rings. The van der Waals surface area contributed by atoms with Gasteiger partial charge in [-0.05, 0) is 38.1 Å². The lowest BCUT2D eigenvalue weighted by atomic mass is 10.1. The molecule has 0 atom stereocenters. The lowest BCUT2D eigenvalue weighted by molar-refractivity contribution is -0.0277. The number of aromatic nitrogens is 3. The Morgan fingerprint density at radius 3 is 2.93 bits per heavy atom. The van der Waals surface area contributed by atoms with Gasteiger partial charge < -0.3 is 19.7 Å². The fourth-order valence-corrected chi connectivity index (χ4v) is 3.37. The van der Waals surface area contributed by atoms with Crippen LogP contribution in [0, 0.1) is 0 Å². The maximum absolute atomic E-state index is 12.7. The summed E-state index contributed by atoms with van der Waals surface area (Å²) in [7, 11) is 1.60. The molecule has 0 radical (unpaired) electrons. The normalized spacial score (nSPS) is 16.2. The standard InChI is InChI=1S/C20H23N5O3/c1-20(2)13-24(8-9-28-20)15-6-7-17(18(10-15)27-3)22-19(26)14-4-5-16-11-21-23-25(16)12-14/h4-7,10-12H,8-9,13H2,1-3H3,(H,22,26). The Labute approximate surface area is 163 Å². The van der Waals surface area contributed by atoms with Gasteiger partial charge in [0.25, 0.3) is 5.91 Å². The van der Waals surface area contributed by atoms with Crippen LogP contribution in [-0.2, 0) is 4.74 Å². The van der Waals surface area contributed by atoms with Gasteiger partial charge in [-0.2, -0.15) is 0 Å². The highest BCUT2D eigenvalue weighted by atomic mass is 16.5. The largest absolute Gasteiger partial charge is 0.494 e. The third kappa shape index (κ3) is 3.63. The quantitative estimate of drug-likeness (QED) is 0.748. The minimum absolute atomic E-state index is 0.196. The van der Waals surface area contributed by atoms with Crippen molar-refractivity contribution in [3.63, 3.8) is 0 Å². The molecule has 8 nitrogen and oxygen atoms in total. The maximum Gasteiger partial charge on any atom is 0.257 e. The Kier molecular flexibility index (Phi) is 4.64. The lowest BCUT2D eigenvalue weighted by Crippen LogP contribution is -2.48. The Morgan fingerprint density at radius 2 is 2.14 bits per heavy atom. The number of benzene rings is 1. The highest BCUT2D eigenvalue weighted by Crippen LogP contribution is 2.32. The number of methoxy groups -OCH3 is 1. The number of carbonyl (C=O) groups excluding carboxylic acids is 1. The van der Waals surface area contributed by atoms with Gasteiger partial charge in [0, 0.05) is 31.0 Å². The van der Waals surface area contributed by atoms with Crippen molar-refractivity contribution < 1.29 is 14.3 Å². The second kappa shape index (κ2) is 7.12. The second-order valence-corrected chi connectivity index (χ2v) is 7.39. The van der Waals surface area contributed by atoms with E-state index in [1.807, 2.05) is 18.2 Å². The number of fused-ring (bicyclic) bond motifs is 1. The van der Waals surface area contributed by atoms with Crippen LogP contribution in [0.15, 0.2) is 42.7 Å². The van der Waals surface area contributed by atoms with Crippen LogP contribution < -0.4 is 15.0 Å². The summed E-state index contributed by atoms with van der Waals surface area (Å²) in [5, 5.41) is 10.7. The molecule has 28 heavy (non-hydrogen) atoms. The molecule has 4 rings (SSSR count). The summed E-state index contributed by atoms with van der Waals surface area (Å²) >= 11 is 0. The zero-order valence-corrected chi connectivity index (χ0v) is 16.2. The number of ether oxygens (including phenoxy) is 2. The minimum Gasteiger partial charge on any atom is -0.494 e. The van der Waals surface area contributed by atoms with E-state index in [0.29, 0.717) is 23.6 Å².